The largest absolute Gasteiger partial charge is 0.445 e. The van der Waals surface area contributed by atoms with Gasteiger partial charge >= 0.3 is 6.09 Å². The van der Waals surface area contributed by atoms with E-state index >= 15 is 0 Å². The summed E-state index contributed by atoms with van der Waals surface area (Å²) in [4.78, 5) is 52.5. The van der Waals surface area contributed by atoms with Crippen LogP contribution in [0.15, 0.2) is 48.5 Å². The topological polar surface area (TPSA) is 108 Å². The Bertz CT molecular complexity index is 1060. The van der Waals surface area contributed by atoms with Crippen LogP contribution in [0.1, 0.15) is 29.8 Å². The summed E-state index contributed by atoms with van der Waals surface area (Å²) < 4.78 is 19.4. The quantitative estimate of drug-likeness (QED) is 0.674. The monoisotopic (exact) mass is 470 g/mol. The predicted octanol–water partition coefficient (Wildman–Crippen LogP) is 2.38. The fraction of sp³-hybridized carbons (Fsp3) is 0.333. The molecule has 0 spiro atoms. The number of carbonyl (C=O) groups excluding carboxylic acids is 4. The minimum absolute atomic E-state index is 0.0264. The predicted molar refractivity (Wildman–Crippen MR) is 122 cm³/mol. The Kier molecular flexibility index (Phi) is 8.18. The molecule has 0 radical (unpaired) electrons. The molecule has 9 nitrogen and oxygen atoms in total. The van der Waals surface area contributed by atoms with Crippen LogP contribution in [0.5, 0.6) is 0 Å². The van der Waals surface area contributed by atoms with Gasteiger partial charge in [-0.2, -0.15) is 0 Å². The van der Waals surface area contributed by atoms with E-state index < -0.39 is 35.7 Å². The van der Waals surface area contributed by atoms with E-state index in [1.54, 1.807) is 6.92 Å². The van der Waals surface area contributed by atoms with Crippen LogP contribution < -0.4 is 10.6 Å². The first-order valence-corrected chi connectivity index (χ1v) is 10.9. The van der Waals surface area contributed by atoms with Gasteiger partial charge in [0.2, 0.25) is 11.8 Å². The van der Waals surface area contributed by atoms with Gasteiger partial charge in [-0.3, -0.25) is 19.3 Å². The van der Waals surface area contributed by atoms with Gasteiger partial charge in [-0.25, -0.2) is 9.18 Å². The SMILES string of the molecule is CCNC(=O)C1CN(C(=O)c2cc(F)cc(NC(C)=O)c2)CCN1C(=O)OCc1ccccc1. The molecular weight excluding hydrogens is 443 g/mol. The second-order valence-corrected chi connectivity index (χ2v) is 7.80. The summed E-state index contributed by atoms with van der Waals surface area (Å²) in [6.07, 6.45) is -0.661. The summed E-state index contributed by atoms with van der Waals surface area (Å²) in [5.74, 6) is -2.02. The van der Waals surface area contributed by atoms with Crippen molar-refractivity contribution in [3.63, 3.8) is 0 Å². The molecule has 3 rings (SSSR count). The Hall–Kier alpha value is -3.95. The fourth-order valence-corrected chi connectivity index (χ4v) is 3.68. The Morgan fingerprint density at radius 1 is 1.09 bits per heavy atom. The number of halogens is 1. The molecule has 2 aromatic carbocycles. The highest BCUT2D eigenvalue weighted by Crippen LogP contribution is 2.19. The van der Waals surface area contributed by atoms with Crippen LogP contribution in [0.4, 0.5) is 14.9 Å². The Morgan fingerprint density at radius 2 is 1.82 bits per heavy atom. The van der Waals surface area contributed by atoms with Gasteiger partial charge in [-0.15, -0.1) is 0 Å². The number of hydrogen-bond acceptors (Lipinski definition) is 5. The molecule has 0 aromatic heterocycles. The van der Waals surface area contributed by atoms with E-state index in [1.165, 1.54) is 22.8 Å². The van der Waals surface area contributed by atoms with Crippen molar-refractivity contribution in [1.29, 1.82) is 0 Å². The minimum Gasteiger partial charge on any atom is -0.445 e. The van der Waals surface area contributed by atoms with Crippen molar-refractivity contribution in [1.82, 2.24) is 15.1 Å². The Labute approximate surface area is 196 Å². The van der Waals surface area contributed by atoms with Crippen LogP contribution in [0.3, 0.4) is 0 Å². The van der Waals surface area contributed by atoms with E-state index in [0.29, 0.717) is 6.54 Å². The van der Waals surface area contributed by atoms with Gasteiger partial charge in [0.15, 0.2) is 0 Å². The van der Waals surface area contributed by atoms with Crippen molar-refractivity contribution in [2.75, 3.05) is 31.5 Å². The molecule has 2 N–H and O–H groups in total. The molecule has 1 atom stereocenters. The van der Waals surface area contributed by atoms with Gasteiger partial charge in [0, 0.05) is 37.8 Å². The molecule has 1 aliphatic rings. The molecule has 4 amide bonds. The number of rotatable bonds is 6. The lowest BCUT2D eigenvalue weighted by Gasteiger charge is -2.39. The Balaban J connectivity index is 1.74. The average Bonchev–Trinajstić information content (AvgIpc) is 2.81. The van der Waals surface area contributed by atoms with E-state index in [1.807, 2.05) is 30.3 Å². The maximum Gasteiger partial charge on any atom is 0.410 e. The molecule has 1 heterocycles. The molecule has 1 unspecified atom stereocenters. The van der Waals surface area contributed by atoms with Crippen molar-refractivity contribution in [3.8, 4) is 0 Å². The molecule has 180 valence electrons. The van der Waals surface area contributed by atoms with Crippen LogP contribution >= 0.6 is 0 Å². The number of nitrogens with one attached hydrogen (secondary N) is 2. The second-order valence-electron chi connectivity index (χ2n) is 7.80. The average molecular weight is 471 g/mol. The van der Waals surface area contributed by atoms with Crippen molar-refractivity contribution in [3.05, 3.63) is 65.5 Å². The maximum absolute atomic E-state index is 14.0. The third-order valence-electron chi connectivity index (χ3n) is 5.23. The van der Waals surface area contributed by atoms with Gasteiger partial charge in [-0.05, 0) is 30.7 Å². The third-order valence-corrected chi connectivity index (χ3v) is 5.23. The smallest absolute Gasteiger partial charge is 0.410 e. The van der Waals surface area contributed by atoms with Crippen LogP contribution in [0, 0.1) is 5.82 Å². The number of ether oxygens (including phenoxy) is 1. The standard InChI is InChI=1S/C24H27FN4O5/c1-3-26-22(31)21-14-28(23(32)18-11-19(25)13-20(12-18)27-16(2)30)9-10-29(21)24(33)34-15-17-7-5-4-6-8-17/h4-8,11-13,21H,3,9-10,14-15H2,1-2H3,(H,26,31)(H,27,30). The number of carbonyl (C=O) groups is 4. The lowest BCUT2D eigenvalue weighted by Crippen LogP contribution is -2.61. The number of hydrogen-bond donors (Lipinski definition) is 2. The number of likely N-dealkylation sites (N-methyl/N-ethyl adjacent to an activating group) is 1. The molecule has 1 aliphatic heterocycles. The lowest BCUT2D eigenvalue weighted by atomic mass is 10.1. The van der Waals surface area contributed by atoms with Crippen molar-refractivity contribution < 1.29 is 28.3 Å². The van der Waals surface area contributed by atoms with E-state index in [-0.39, 0.29) is 37.5 Å². The molecule has 0 aliphatic carbocycles. The van der Waals surface area contributed by atoms with Gasteiger partial charge in [-0.1, -0.05) is 30.3 Å². The third kappa shape index (κ3) is 6.31. The van der Waals surface area contributed by atoms with Crippen LogP contribution in [-0.4, -0.2) is 65.8 Å². The van der Waals surface area contributed by atoms with Gasteiger partial charge < -0.3 is 20.3 Å². The first-order chi connectivity index (χ1) is 16.3. The van der Waals surface area contributed by atoms with Crippen LogP contribution in [0.25, 0.3) is 0 Å². The van der Waals surface area contributed by atoms with Gasteiger partial charge in [0.25, 0.3) is 5.91 Å². The second kappa shape index (κ2) is 11.3. The fourth-order valence-electron chi connectivity index (χ4n) is 3.68. The molecular formula is C24H27FN4O5. The zero-order chi connectivity index (χ0) is 24.7. The van der Waals surface area contributed by atoms with Gasteiger partial charge in [0.05, 0.1) is 6.54 Å². The lowest BCUT2D eigenvalue weighted by molar-refractivity contribution is -0.127. The minimum atomic E-state index is -0.968. The summed E-state index contributed by atoms with van der Waals surface area (Å²) in [5, 5.41) is 5.13. The number of benzene rings is 2. The Morgan fingerprint density at radius 3 is 2.50 bits per heavy atom. The highest BCUT2D eigenvalue weighted by molar-refractivity contribution is 5.97. The summed E-state index contributed by atoms with van der Waals surface area (Å²) in [6.45, 7) is 3.53. The number of amides is 4. The molecule has 2 aromatic rings. The number of piperazine rings is 1. The van der Waals surface area contributed by atoms with E-state index in [0.717, 1.165) is 17.7 Å². The van der Waals surface area contributed by atoms with E-state index in [4.69, 9.17) is 4.74 Å². The van der Waals surface area contributed by atoms with E-state index in [9.17, 15) is 23.6 Å². The van der Waals surface area contributed by atoms with Crippen LogP contribution in [-0.2, 0) is 20.9 Å². The zero-order valence-corrected chi connectivity index (χ0v) is 19.0. The number of anilines is 1. The number of nitrogens with zero attached hydrogens (tertiary/aromatic N) is 2. The van der Waals surface area contributed by atoms with Crippen molar-refractivity contribution >= 4 is 29.5 Å². The highest BCUT2D eigenvalue weighted by Gasteiger charge is 2.38. The molecule has 1 saturated heterocycles. The maximum atomic E-state index is 14.0. The normalized spacial score (nSPS) is 15.4. The summed E-state index contributed by atoms with van der Waals surface area (Å²) in [5.41, 5.74) is 0.984. The highest BCUT2D eigenvalue weighted by atomic mass is 19.1. The van der Waals surface area contributed by atoms with Crippen LogP contribution in [0.2, 0.25) is 0 Å². The molecule has 34 heavy (non-hydrogen) atoms. The van der Waals surface area contributed by atoms with Crippen molar-refractivity contribution in [2.24, 2.45) is 0 Å². The summed E-state index contributed by atoms with van der Waals surface area (Å²) in [6, 6.07) is 11.7. The molecule has 1 fully saturated rings. The van der Waals surface area contributed by atoms with Crippen molar-refractivity contribution in [2.45, 2.75) is 26.5 Å². The van der Waals surface area contributed by atoms with E-state index in [2.05, 4.69) is 10.6 Å². The summed E-state index contributed by atoms with van der Waals surface area (Å²) >= 11 is 0. The molecule has 0 saturated carbocycles. The first kappa shape index (κ1) is 24.7. The summed E-state index contributed by atoms with van der Waals surface area (Å²) in [7, 11) is 0. The van der Waals surface area contributed by atoms with Gasteiger partial charge in [0.1, 0.15) is 18.5 Å². The molecule has 10 heteroatoms. The molecule has 0 bridgehead atoms. The zero-order valence-electron chi connectivity index (χ0n) is 19.0. The first-order valence-electron chi connectivity index (χ1n) is 10.9.